The van der Waals surface area contributed by atoms with Gasteiger partial charge in [-0.15, -0.1) is 0 Å². The van der Waals surface area contributed by atoms with E-state index in [4.69, 9.17) is 21.6 Å². The summed E-state index contributed by atoms with van der Waals surface area (Å²) in [4.78, 5) is 24.1. The number of sulfone groups is 1. The zero-order chi connectivity index (χ0) is 26.6. The highest BCUT2D eigenvalue weighted by Crippen LogP contribution is 2.28. The minimum atomic E-state index is -3.60. The molecule has 10 heteroatoms. The lowest BCUT2D eigenvalue weighted by Crippen LogP contribution is -2.36. The minimum absolute atomic E-state index is 0.0740. The Hall–Kier alpha value is -2.91. The second-order valence-corrected chi connectivity index (χ2v) is 12.8. The number of rotatable bonds is 9. The van der Waals surface area contributed by atoms with Gasteiger partial charge in [-0.25, -0.2) is 13.4 Å². The summed E-state index contributed by atoms with van der Waals surface area (Å²) >= 11 is 5.86. The molecule has 1 heterocycles. The molecule has 0 saturated heterocycles. The lowest BCUT2D eigenvalue weighted by molar-refractivity contribution is -0.121. The maximum atomic E-state index is 12.8. The average molecular weight is 544 g/mol. The normalized spacial score (nSPS) is 18.8. The Balaban J connectivity index is 1.25. The van der Waals surface area contributed by atoms with E-state index in [9.17, 15) is 13.2 Å². The third-order valence-electron chi connectivity index (χ3n) is 6.92. The molecule has 0 bridgehead atoms. The molecule has 0 spiro atoms. The van der Waals surface area contributed by atoms with Crippen LogP contribution >= 0.6 is 11.6 Å². The van der Waals surface area contributed by atoms with Crippen molar-refractivity contribution < 1.29 is 13.2 Å². The maximum Gasteiger partial charge on any atom is 0.225 e. The summed E-state index contributed by atoms with van der Waals surface area (Å²) in [6.07, 6.45) is 3.76. The summed E-state index contributed by atoms with van der Waals surface area (Å²) in [5.74, 6) is 1.64. The van der Waals surface area contributed by atoms with Crippen molar-refractivity contribution in [2.75, 3.05) is 30.9 Å². The van der Waals surface area contributed by atoms with E-state index in [-0.39, 0.29) is 23.3 Å². The van der Waals surface area contributed by atoms with Crippen molar-refractivity contribution in [1.82, 2.24) is 15.3 Å². The quantitative estimate of drug-likeness (QED) is 0.403. The van der Waals surface area contributed by atoms with Gasteiger partial charge in [-0.05, 0) is 74.9 Å². The standard InChI is InChI=1S/C27H34ClN5O3S/c1-18(37(35,36)22-14-10-20(28)11-15-22)16-25(34)29-17-19-8-12-21(13-9-19)30-27-31-24-7-5-4-6-23(24)26(32-27)33(2)3/h4-7,10-11,14-15,18-19,21H,8-9,12-13,16-17H2,1-3H3,(H,29,34)(H,30,31,32)/t18?,19-,21+. The third-order valence-corrected chi connectivity index (χ3v) is 9.33. The van der Waals surface area contributed by atoms with Crippen LogP contribution in [0.15, 0.2) is 53.4 Å². The predicted octanol–water partition coefficient (Wildman–Crippen LogP) is 4.69. The highest BCUT2D eigenvalue weighted by Gasteiger charge is 2.27. The molecule has 3 aromatic rings. The molecule has 0 aliphatic heterocycles. The molecule has 1 saturated carbocycles. The van der Waals surface area contributed by atoms with E-state index in [0.717, 1.165) is 42.4 Å². The molecular formula is C27H34ClN5O3S. The van der Waals surface area contributed by atoms with Crippen LogP contribution in [0.4, 0.5) is 11.8 Å². The van der Waals surface area contributed by atoms with Gasteiger partial charge >= 0.3 is 0 Å². The number of amides is 1. The van der Waals surface area contributed by atoms with E-state index in [1.54, 1.807) is 19.1 Å². The van der Waals surface area contributed by atoms with E-state index < -0.39 is 15.1 Å². The Morgan fingerprint density at radius 1 is 1.05 bits per heavy atom. The number of halogens is 1. The van der Waals surface area contributed by atoms with Gasteiger partial charge in [0.05, 0.1) is 15.7 Å². The van der Waals surface area contributed by atoms with Crippen LogP contribution in [0, 0.1) is 5.92 Å². The number of hydrogen-bond acceptors (Lipinski definition) is 7. The molecular weight excluding hydrogens is 510 g/mol. The van der Waals surface area contributed by atoms with Crippen molar-refractivity contribution >= 4 is 50.0 Å². The van der Waals surface area contributed by atoms with E-state index in [0.29, 0.717) is 23.4 Å². The van der Waals surface area contributed by atoms with Crippen molar-refractivity contribution in [2.45, 2.75) is 55.2 Å². The van der Waals surface area contributed by atoms with Gasteiger partial charge in [0.2, 0.25) is 11.9 Å². The van der Waals surface area contributed by atoms with Crippen molar-refractivity contribution in [3.63, 3.8) is 0 Å². The molecule has 2 N–H and O–H groups in total. The fourth-order valence-electron chi connectivity index (χ4n) is 4.72. The summed E-state index contributed by atoms with van der Waals surface area (Å²) in [6, 6.07) is 14.3. The second kappa shape index (κ2) is 11.6. The van der Waals surface area contributed by atoms with Crippen molar-refractivity contribution in [1.29, 1.82) is 0 Å². The number of benzene rings is 2. The molecule has 0 radical (unpaired) electrons. The van der Waals surface area contributed by atoms with Gasteiger partial charge in [-0.3, -0.25) is 4.79 Å². The van der Waals surface area contributed by atoms with Gasteiger partial charge in [0.1, 0.15) is 5.82 Å². The summed E-state index contributed by atoms with van der Waals surface area (Å²) in [5, 5.41) is 7.12. The molecule has 8 nitrogen and oxygen atoms in total. The van der Waals surface area contributed by atoms with Gasteiger partial charge in [0, 0.05) is 43.5 Å². The Morgan fingerprint density at radius 2 is 1.73 bits per heavy atom. The van der Waals surface area contributed by atoms with Crippen LogP contribution < -0.4 is 15.5 Å². The third kappa shape index (κ3) is 6.70. The molecule has 2 aromatic carbocycles. The molecule has 1 aliphatic carbocycles. The fraction of sp³-hybridized carbons (Fsp3) is 0.444. The van der Waals surface area contributed by atoms with Crippen LogP contribution in [0.2, 0.25) is 5.02 Å². The summed E-state index contributed by atoms with van der Waals surface area (Å²) in [7, 11) is 0.360. The van der Waals surface area contributed by atoms with Gasteiger partial charge in [-0.2, -0.15) is 4.98 Å². The van der Waals surface area contributed by atoms with Crippen LogP contribution in [0.5, 0.6) is 0 Å². The second-order valence-electron chi connectivity index (χ2n) is 9.96. The van der Waals surface area contributed by atoms with Crippen LogP contribution in [-0.2, 0) is 14.6 Å². The number of anilines is 2. The molecule has 1 amide bonds. The van der Waals surface area contributed by atoms with Crippen LogP contribution in [0.25, 0.3) is 10.9 Å². The first kappa shape index (κ1) is 27.1. The Bertz CT molecular complexity index is 1340. The Kier molecular flexibility index (Phi) is 8.54. The zero-order valence-corrected chi connectivity index (χ0v) is 23.0. The number of nitrogens with one attached hydrogen (secondary N) is 2. The molecule has 1 aliphatic rings. The first-order chi connectivity index (χ1) is 17.6. The largest absolute Gasteiger partial charge is 0.362 e. The molecule has 1 aromatic heterocycles. The summed E-state index contributed by atoms with van der Waals surface area (Å²) in [5.41, 5.74) is 0.910. The van der Waals surface area contributed by atoms with E-state index in [1.165, 1.54) is 12.1 Å². The molecule has 4 rings (SSSR count). The number of fused-ring (bicyclic) bond motifs is 1. The number of carbonyl (C=O) groups excluding carboxylic acids is 1. The van der Waals surface area contributed by atoms with Crippen molar-refractivity contribution in [3.8, 4) is 0 Å². The first-order valence-electron chi connectivity index (χ1n) is 12.6. The smallest absolute Gasteiger partial charge is 0.225 e. The number of hydrogen-bond donors (Lipinski definition) is 2. The average Bonchev–Trinajstić information content (AvgIpc) is 2.88. The fourth-order valence-corrected chi connectivity index (χ4v) is 6.19. The highest BCUT2D eigenvalue weighted by atomic mass is 35.5. The van der Waals surface area contributed by atoms with Crippen LogP contribution in [-0.4, -0.2) is 56.2 Å². The minimum Gasteiger partial charge on any atom is -0.362 e. The van der Waals surface area contributed by atoms with Gasteiger partial charge < -0.3 is 15.5 Å². The number of para-hydroxylation sites is 1. The van der Waals surface area contributed by atoms with Crippen LogP contribution in [0.3, 0.4) is 0 Å². The molecule has 1 unspecified atom stereocenters. The molecule has 198 valence electrons. The number of nitrogens with zero attached hydrogens (tertiary/aromatic N) is 3. The number of carbonyl (C=O) groups is 1. The molecule has 37 heavy (non-hydrogen) atoms. The van der Waals surface area contributed by atoms with E-state index in [1.807, 2.05) is 43.3 Å². The highest BCUT2D eigenvalue weighted by molar-refractivity contribution is 7.92. The lowest BCUT2D eigenvalue weighted by Gasteiger charge is -2.29. The molecule has 1 fully saturated rings. The summed E-state index contributed by atoms with van der Waals surface area (Å²) < 4.78 is 25.5. The van der Waals surface area contributed by atoms with Gasteiger partial charge in [0.15, 0.2) is 9.84 Å². The maximum absolute atomic E-state index is 12.8. The van der Waals surface area contributed by atoms with Crippen molar-refractivity contribution in [3.05, 3.63) is 53.6 Å². The summed E-state index contributed by atoms with van der Waals surface area (Å²) in [6.45, 7) is 2.12. The first-order valence-corrected chi connectivity index (χ1v) is 14.5. The van der Waals surface area contributed by atoms with Crippen molar-refractivity contribution in [2.24, 2.45) is 5.92 Å². The van der Waals surface area contributed by atoms with Crippen LogP contribution in [0.1, 0.15) is 39.0 Å². The predicted molar refractivity (Wildman–Crippen MR) is 149 cm³/mol. The molecule has 1 atom stereocenters. The monoisotopic (exact) mass is 543 g/mol. The Morgan fingerprint density at radius 3 is 2.41 bits per heavy atom. The topological polar surface area (TPSA) is 104 Å². The number of aromatic nitrogens is 2. The SMILES string of the molecule is CC(CC(=O)NC[C@H]1CC[C@@H](Nc2nc(N(C)C)c3ccccc3n2)CC1)S(=O)(=O)c1ccc(Cl)cc1. The Labute approximate surface area is 223 Å². The van der Waals surface area contributed by atoms with E-state index >= 15 is 0 Å². The van der Waals surface area contributed by atoms with E-state index in [2.05, 4.69) is 10.6 Å². The lowest BCUT2D eigenvalue weighted by atomic mass is 9.86. The van der Waals surface area contributed by atoms with Gasteiger partial charge in [0.25, 0.3) is 0 Å². The van der Waals surface area contributed by atoms with Gasteiger partial charge in [-0.1, -0.05) is 23.7 Å². The zero-order valence-electron chi connectivity index (χ0n) is 21.4.